The van der Waals surface area contributed by atoms with Gasteiger partial charge < -0.3 is 10.4 Å². The van der Waals surface area contributed by atoms with Crippen LogP contribution in [0.4, 0.5) is 0 Å². The van der Waals surface area contributed by atoms with Crippen molar-refractivity contribution in [2.75, 3.05) is 20.1 Å². The molecule has 1 aromatic carbocycles. The van der Waals surface area contributed by atoms with E-state index < -0.39 is 22.0 Å². The first-order valence-electron chi connectivity index (χ1n) is 5.90. The third kappa shape index (κ3) is 4.75. The summed E-state index contributed by atoms with van der Waals surface area (Å²) in [5, 5.41) is 11.9. The van der Waals surface area contributed by atoms with E-state index in [1.54, 1.807) is 0 Å². The molecule has 0 spiro atoms. The summed E-state index contributed by atoms with van der Waals surface area (Å²) in [4.78, 5) is 11.6. The molecule has 0 aliphatic carbocycles. The highest BCUT2D eigenvalue weighted by atomic mass is 35.5. The van der Waals surface area contributed by atoms with Gasteiger partial charge in [0, 0.05) is 18.6 Å². The number of hydrogen-bond acceptors (Lipinski definition) is 4. The van der Waals surface area contributed by atoms with Gasteiger partial charge in [-0.1, -0.05) is 11.6 Å². The molecule has 8 heteroatoms. The van der Waals surface area contributed by atoms with Crippen LogP contribution in [0.15, 0.2) is 29.2 Å². The maximum atomic E-state index is 12.2. The van der Waals surface area contributed by atoms with Gasteiger partial charge in [-0.2, -0.15) is 4.31 Å². The summed E-state index contributed by atoms with van der Waals surface area (Å²) in [6.45, 7) is 1.28. The number of carbonyl (C=O) groups excluding carboxylic acids is 1. The zero-order valence-electron chi connectivity index (χ0n) is 11.2. The van der Waals surface area contributed by atoms with Crippen molar-refractivity contribution in [3.63, 3.8) is 0 Å². The molecule has 1 atom stereocenters. The molecule has 20 heavy (non-hydrogen) atoms. The predicted molar refractivity (Wildman–Crippen MR) is 76.0 cm³/mol. The Morgan fingerprint density at radius 1 is 1.40 bits per heavy atom. The van der Waals surface area contributed by atoms with Gasteiger partial charge in [0.15, 0.2) is 0 Å². The minimum absolute atomic E-state index is 0.0627. The number of rotatable bonds is 6. The van der Waals surface area contributed by atoms with Crippen LogP contribution in [0.5, 0.6) is 0 Å². The molecule has 0 heterocycles. The lowest BCUT2D eigenvalue weighted by Gasteiger charge is -2.17. The lowest BCUT2D eigenvalue weighted by atomic mass is 10.4. The van der Waals surface area contributed by atoms with Crippen molar-refractivity contribution in [1.29, 1.82) is 0 Å². The average molecular weight is 321 g/mol. The minimum Gasteiger partial charge on any atom is -0.392 e. The van der Waals surface area contributed by atoms with Crippen molar-refractivity contribution >= 4 is 27.5 Å². The first-order valence-corrected chi connectivity index (χ1v) is 7.72. The Kier molecular flexibility index (Phi) is 5.94. The van der Waals surface area contributed by atoms with E-state index in [1.807, 2.05) is 0 Å². The molecule has 0 saturated carbocycles. The zero-order chi connectivity index (χ0) is 15.3. The number of sulfonamides is 1. The van der Waals surface area contributed by atoms with E-state index in [4.69, 9.17) is 16.7 Å². The number of hydrogen-bond donors (Lipinski definition) is 2. The van der Waals surface area contributed by atoms with E-state index in [1.165, 1.54) is 38.2 Å². The second-order valence-corrected chi connectivity index (χ2v) is 6.85. The Labute approximate surface area is 123 Å². The van der Waals surface area contributed by atoms with Crippen LogP contribution in [0.1, 0.15) is 6.92 Å². The standard InChI is InChI=1S/C12H17ClN2O4S/c1-9(16)7-14-12(17)8-15(2)20(18,19)11-5-3-10(13)4-6-11/h3-6,9,16H,7-8H2,1-2H3,(H,14,17). The number of likely N-dealkylation sites (N-methyl/N-ethyl adjacent to an activating group) is 1. The Balaban J connectivity index is 2.72. The molecule has 1 unspecified atom stereocenters. The summed E-state index contributed by atoms with van der Waals surface area (Å²) in [5.41, 5.74) is 0. The Morgan fingerprint density at radius 3 is 2.45 bits per heavy atom. The van der Waals surface area contributed by atoms with Crippen LogP contribution in [0.3, 0.4) is 0 Å². The smallest absolute Gasteiger partial charge is 0.243 e. The molecule has 1 rings (SSSR count). The maximum Gasteiger partial charge on any atom is 0.243 e. The normalized spacial score (nSPS) is 13.2. The first kappa shape index (κ1) is 16.9. The number of carbonyl (C=O) groups is 1. The number of benzene rings is 1. The topological polar surface area (TPSA) is 86.7 Å². The molecule has 0 aliphatic heterocycles. The molecule has 0 bridgehead atoms. The minimum atomic E-state index is -3.74. The molecule has 1 aromatic rings. The van der Waals surface area contributed by atoms with Gasteiger partial charge in [0.1, 0.15) is 0 Å². The van der Waals surface area contributed by atoms with Crippen LogP contribution >= 0.6 is 11.6 Å². The largest absolute Gasteiger partial charge is 0.392 e. The molecule has 0 fully saturated rings. The Morgan fingerprint density at radius 2 is 1.95 bits per heavy atom. The summed E-state index contributed by atoms with van der Waals surface area (Å²) >= 11 is 5.70. The number of nitrogens with zero attached hydrogens (tertiary/aromatic N) is 1. The van der Waals surface area contributed by atoms with Crippen LogP contribution in [0.2, 0.25) is 5.02 Å². The molecular formula is C12H17ClN2O4S. The third-order valence-corrected chi connectivity index (χ3v) is 4.55. The van der Waals surface area contributed by atoms with E-state index >= 15 is 0 Å². The number of amides is 1. The molecule has 0 aromatic heterocycles. The number of nitrogens with one attached hydrogen (secondary N) is 1. The summed E-state index contributed by atoms with van der Waals surface area (Å²) in [6.07, 6.45) is -0.683. The van der Waals surface area contributed by atoms with Crippen LogP contribution < -0.4 is 5.32 Å². The van der Waals surface area contributed by atoms with Crippen LogP contribution in [-0.4, -0.2) is 50.0 Å². The fourth-order valence-electron chi connectivity index (χ4n) is 1.39. The quantitative estimate of drug-likeness (QED) is 0.797. The molecule has 1 amide bonds. The summed E-state index contributed by atoms with van der Waals surface area (Å²) in [7, 11) is -2.43. The van der Waals surface area contributed by atoms with E-state index in [-0.39, 0.29) is 18.0 Å². The van der Waals surface area contributed by atoms with E-state index in [9.17, 15) is 13.2 Å². The van der Waals surface area contributed by atoms with Gasteiger partial charge in [-0.25, -0.2) is 8.42 Å². The summed E-state index contributed by atoms with van der Waals surface area (Å²) in [6, 6.07) is 5.69. The predicted octanol–water partition coefficient (Wildman–Crippen LogP) is 0.458. The van der Waals surface area contributed by atoms with Crippen molar-refractivity contribution in [2.45, 2.75) is 17.9 Å². The molecular weight excluding hydrogens is 304 g/mol. The highest BCUT2D eigenvalue weighted by Gasteiger charge is 2.22. The van der Waals surface area contributed by atoms with Crippen LogP contribution in [0.25, 0.3) is 0 Å². The SMILES string of the molecule is CC(O)CNC(=O)CN(C)S(=O)(=O)c1ccc(Cl)cc1. The Bertz CT molecular complexity index is 557. The maximum absolute atomic E-state index is 12.2. The lowest BCUT2D eigenvalue weighted by molar-refractivity contribution is -0.121. The lowest BCUT2D eigenvalue weighted by Crippen LogP contribution is -2.40. The van der Waals surface area contributed by atoms with Gasteiger partial charge in [-0.05, 0) is 31.2 Å². The van der Waals surface area contributed by atoms with Crippen LogP contribution in [-0.2, 0) is 14.8 Å². The van der Waals surface area contributed by atoms with Gasteiger partial charge in [0.2, 0.25) is 15.9 Å². The summed E-state index contributed by atoms with van der Waals surface area (Å²) in [5.74, 6) is -0.481. The van der Waals surface area contributed by atoms with Crippen molar-refractivity contribution in [3.8, 4) is 0 Å². The van der Waals surface area contributed by atoms with Gasteiger partial charge in [-0.15, -0.1) is 0 Å². The Hall–Kier alpha value is -1.15. The third-order valence-electron chi connectivity index (χ3n) is 2.48. The number of aliphatic hydroxyl groups is 1. The van der Waals surface area contributed by atoms with Crippen molar-refractivity contribution < 1.29 is 18.3 Å². The zero-order valence-corrected chi connectivity index (χ0v) is 12.8. The molecule has 2 N–H and O–H groups in total. The van der Waals surface area contributed by atoms with E-state index in [0.29, 0.717) is 5.02 Å². The fourth-order valence-corrected chi connectivity index (χ4v) is 2.64. The number of aliphatic hydroxyl groups excluding tert-OH is 1. The fraction of sp³-hybridized carbons (Fsp3) is 0.417. The monoisotopic (exact) mass is 320 g/mol. The average Bonchev–Trinajstić information content (AvgIpc) is 2.36. The summed E-state index contributed by atoms with van der Waals surface area (Å²) < 4.78 is 25.3. The molecule has 0 radical (unpaired) electrons. The van der Waals surface area contributed by atoms with Crippen molar-refractivity contribution in [1.82, 2.24) is 9.62 Å². The van der Waals surface area contributed by atoms with E-state index in [0.717, 1.165) is 4.31 Å². The molecule has 6 nitrogen and oxygen atoms in total. The van der Waals surface area contributed by atoms with Gasteiger partial charge in [0.05, 0.1) is 17.5 Å². The van der Waals surface area contributed by atoms with Crippen molar-refractivity contribution in [3.05, 3.63) is 29.3 Å². The second-order valence-electron chi connectivity index (χ2n) is 4.37. The molecule has 0 aliphatic rings. The second kappa shape index (κ2) is 7.03. The van der Waals surface area contributed by atoms with E-state index in [2.05, 4.69) is 5.32 Å². The highest BCUT2D eigenvalue weighted by Crippen LogP contribution is 2.17. The van der Waals surface area contributed by atoms with Gasteiger partial charge in [0.25, 0.3) is 0 Å². The number of halogens is 1. The highest BCUT2D eigenvalue weighted by molar-refractivity contribution is 7.89. The van der Waals surface area contributed by atoms with Gasteiger partial charge >= 0.3 is 0 Å². The molecule has 112 valence electrons. The molecule has 0 saturated heterocycles. The first-order chi connectivity index (χ1) is 9.23. The van der Waals surface area contributed by atoms with Gasteiger partial charge in [-0.3, -0.25) is 4.79 Å². The van der Waals surface area contributed by atoms with Crippen molar-refractivity contribution in [2.24, 2.45) is 0 Å². The van der Waals surface area contributed by atoms with Crippen LogP contribution in [0, 0.1) is 0 Å².